The minimum Gasteiger partial charge on any atom is -0.397 e. The topological polar surface area (TPSA) is 102 Å². The van der Waals surface area contributed by atoms with E-state index in [-0.39, 0.29) is 0 Å². The van der Waals surface area contributed by atoms with E-state index < -0.39 is 5.91 Å². The van der Waals surface area contributed by atoms with Gasteiger partial charge in [0, 0.05) is 28.9 Å². The Morgan fingerprint density at radius 3 is 2.86 bits per heavy atom. The van der Waals surface area contributed by atoms with Crippen molar-refractivity contribution in [3.8, 4) is 11.1 Å². The number of nitrogen functional groups attached to an aromatic ring is 1. The van der Waals surface area contributed by atoms with Crippen LogP contribution in [0.3, 0.4) is 0 Å². The molecule has 3 aromatic heterocycles. The average molecular weight is 291 g/mol. The highest BCUT2D eigenvalue weighted by Gasteiger charge is 2.18. The number of hydrogen-bond donors (Lipinski definition) is 3. The summed E-state index contributed by atoms with van der Waals surface area (Å²) < 4.78 is 1.62. The van der Waals surface area contributed by atoms with Gasteiger partial charge in [-0.25, -0.2) is 4.52 Å². The molecule has 0 aliphatic heterocycles. The average Bonchev–Trinajstić information content (AvgIpc) is 3.13. The van der Waals surface area contributed by atoms with Gasteiger partial charge in [-0.05, 0) is 23.8 Å². The molecule has 22 heavy (non-hydrogen) atoms. The third kappa shape index (κ3) is 1.61. The molecule has 1 amide bonds. The van der Waals surface area contributed by atoms with Crippen LogP contribution in [0.1, 0.15) is 10.4 Å². The molecule has 1 aromatic carbocycles. The number of pyridine rings is 1. The van der Waals surface area contributed by atoms with E-state index in [0.717, 1.165) is 22.0 Å². The summed E-state index contributed by atoms with van der Waals surface area (Å²) in [6, 6.07) is 9.57. The maximum absolute atomic E-state index is 11.8. The standard InChI is InChI=1S/C16H13N5O/c17-15-11(9-2-1-3-12-10(9)4-6-19-12)8-21-13(5-7-20-21)14(15)16(18)22/h1-8,19H,17H2,(H2,18,22). The number of nitrogens with two attached hydrogens (primary N) is 2. The lowest BCUT2D eigenvalue weighted by Crippen LogP contribution is -2.16. The van der Waals surface area contributed by atoms with Crippen molar-refractivity contribution in [1.82, 2.24) is 14.6 Å². The maximum atomic E-state index is 11.8. The summed E-state index contributed by atoms with van der Waals surface area (Å²) in [6.07, 6.45) is 5.30. The van der Waals surface area contributed by atoms with Crippen molar-refractivity contribution in [2.75, 3.05) is 5.73 Å². The van der Waals surface area contributed by atoms with Crippen LogP contribution >= 0.6 is 0 Å². The summed E-state index contributed by atoms with van der Waals surface area (Å²) >= 11 is 0. The molecule has 0 atom stereocenters. The number of aromatic amines is 1. The van der Waals surface area contributed by atoms with E-state index in [1.165, 1.54) is 0 Å². The molecule has 5 N–H and O–H groups in total. The van der Waals surface area contributed by atoms with Crippen LogP contribution in [-0.4, -0.2) is 20.5 Å². The first-order valence-electron chi connectivity index (χ1n) is 6.79. The first kappa shape index (κ1) is 12.5. The summed E-state index contributed by atoms with van der Waals surface area (Å²) in [7, 11) is 0. The summed E-state index contributed by atoms with van der Waals surface area (Å²) in [5.74, 6) is -0.564. The number of nitrogens with one attached hydrogen (secondary N) is 1. The SMILES string of the molecule is NC(=O)c1c(N)c(-c2cccc3[nH]ccc23)cn2nccc12. The van der Waals surface area contributed by atoms with E-state index in [2.05, 4.69) is 10.1 Å². The molecule has 0 saturated carbocycles. The first-order chi connectivity index (χ1) is 10.7. The van der Waals surface area contributed by atoms with Crippen molar-refractivity contribution in [3.63, 3.8) is 0 Å². The summed E-state index contributed by atoms with van der Waals surface area (Å²) in [5.41, 5.74) is 15.7. The van der Waals surface area contributed by atoms with Crippen molar-refractivity contribution >= 4 is 28.0 Å². The second-order valence-corrected chi connectivity index (χ2v) is 5.10. The van der Waals surface area contributed by atoms with Gasteiger partial charge < -0.3 is 16.5 Å². The Kier molecular flexibility index (Phi) is 2.47. The number of nitrogens with zero attached hydrogens (tertiary/aromatic N) is 2. The molecule has 0 spiro atoms. The lowest BCUT2D eigenvalue weighted by atomic mass is 9.99. The van der Waals surface area contributed by atoms with Crippen LogP contribution in [0.2, 0.25) is 0 Å². The van der Waals surface area contributed by atoms with Gasteiger partial charge in [0.25, 0.3) is 5.91 Å². The fourth-order valence-corrected chi connectivity index (χ4v) is 2.87. The number of rotatable bonds is 2. The molecule has 0 radical (unpaired) electrons. The van der Waals surface area contributed by atoms with Crippen LogP contribution in [0, 0.1) is 0 Å². The molecule has 0 aliphatic carbocycles. The minimum atomic E-state index is -0.564. The van der Waals surface area contributed by atoms with Gasteiger partial charge in [-0.15, -0.1) is 0 Å². The van der Waals surface area contributed by atoms with E-state index in [1.54, 1.807) is 16.8 Å². The fraction of sp³-hybridized carbons (Fsp3) is 0. The quantitative estimate of drug-likeness (QED) is 0.527. The Hall–Kier alpha value is -3.28. The second kappa shape index (κ2) is 4.36. The van der Waals surface area contributed by atoms with Crippen LogP contribution in [0.15, 0.2) is 48.9 Å². The Morgan fingerprint density at radius 1 is 1.18 bits per heavy atom. The Bertz CT molecular complexity index is 1030. The van der Waals surface area contributed by atoms with Crippen molar-refractivity contribution in [1.29, 1.82) is 0 Å². The molecule has 0 fully saturated rings. The zero-order valence-electron chi connectivity index (χ0n) is 11.6. The lowest BCUT2D eigenvalue weighted by Gasteiger charge is -2.12. The molecular formula is C16H13N5O. The third-order valence-electron chi connectivity index (χ3n) is 3.87. The predicted octanol–water partition coefficient (Wildman–Crippen LogP) is 2.16. The van der Waals surface area contributed by atoms with Gasteiger partial charge in [0.1, 0.15) is 0 Å². The zero-order valence-corrected chi connectivity index (χ0v) is 11.6. The Labute approximate surface area is 125 Å². The van der Waals surface area contributed by atoms with Crippen molar-refractivity contribution in [3.05, 3.63) is 54.5 Å². The van der Waals surface area contributed by atoms with Gasteiger partial charge in [-0.2, -0.15) is 5.10 Å². The number of hydrogen-bond acceptors (Lipinski definition) is 3. The molecule has 3 heterocycles. The molecule has 6 heteroatoms. The Balaban J connectivity index is 2.13. The normalized spacial score (nSPS) is 11.3. The number of benzene rings is 1. The van der Waals surface area contributed by atoms with Gasteiger partial charge in [-0.3, -0.25) is 4.79 Å². The van der Waals surface area contributed by atoms with E-state index in [4.69, 9.17) is 11.5 Å². The molecule has 0 bridgehead atoms. The number of anilines is 1. The van der Waals surface area contributed by atoms with Crippen LogP contribution in [0.25, 0.3) is 27.5 Å². The molecule has 4 rings (SSSR count). The van der Waals surface area contributed by atoms with Crippen LogP contribution in [0.4, 0.5) is 5.69 Å². The Morgan fingerprint density at radius 2 is 2.05 bits per heavy atom. The summed E-state index contributed by atoms with van der Waals surface area (Å²) in [6.45, 7) is 0. The minimum absolute atomic E-state index is 0.294. The fourth-order valence-electron chi connectivity index (χ4n) is 2.87. The lowest BCUT2D eigenvalue weighted by molar-refractivity contribution is 0.100. The van der Waals surface area contributed by atoms with Crippen molar-refractivity contribution < 1.29 is 4.79 Å². The summed E-state index contributed by atoms with van der Waals surface area (Å²) in [5, 5.41) is 5.23. The van der Waals surface area contributed by atoms with Crippen LogP contribution < -0.4 is 11.5 Å². The number of carbonyl (C=O) groups is 1. The third-order valence-corrected chi connectivity index (χ3v) is 3.87. The highest BCUT2D eigenvalue weighted by molar-refractivity contribution is 6.09. The highest BCUT2D eigenvalue weighted by atomic mass is 16.1. The molecule has 0 unspecified atom stereocenters. The van der Waals surface area contributed by atoms with Gasteiger partial charge >= 0.3 is 0 Å². The molecule has 4 aromatic rings. The maximum Gasteiger partial charge on any atom is 0.253 e. The number of carbonyl (C=O) groups excluding carboxylic acids is 1. The van der Waals surface area contributed by atoms with Gasteiger partial charge in [0.15, 0.2) is 0 Å². The second-order valence-electron chi connectivity index (χ2n) is 5.10. The molecule has 108 valence electrons. The van der Waals surface area contributed by atoms with Gasteiger partial charge in [0.05, 0.1) is 23.0 Å². The van der Waals surface area contributed by atoms with Gasteiger partial charge in [-0.1, -0.05) is 12.1 Å². The molecule has 6 nitrogen and oxygen atoms in total. The van der Waals surface area contributed by atoms with Crippen LogP contribution in [0.5, 0.6) is 0 Å². The molecular weight excluding hydrogens is 278 g/mol. The number of amides is 1. The van der Waals surface area contributed by atoms with E-state index >= 15 is 0 Å². The summed E-state index contributed by atoms with van der Waals surface area (Å²) in [4.78, 5) is 15.0. The molecule has 0 aliphatic rings. The van der Waals surface area contributed by atoms with E-state index in [1.807, 2.05) is 36.7 Å². The van der Waals surface area contributed by atoms with Gasteiger partial charge in [0.2, 0.25) is 0 Å². The van der Waals surface area contributed by atoms with Crippen molar-refractivity contribution in [2.24, 2.45) is 5.73 Å². The number of fused-ring (bicyclic) bond motifs is 2. The smallest absolute Gasteiger partial charge is 0.253 e. The monoisotopic (exact) mass is 291 g/mol. The number of aromatic nitrogens is 3. The predicted molar refractivity (Wildman–Crippen MR) is 85.4 cm³/mol. The number of H-pyrrole nitrogens is 1. The first-order valence-corrected chi connectivity index (χ1v) is 6.79. The van der Waals surface area contributed by atoms with E-state index in [9.17, 15) is 4.79 Å². The zero-order chi connectivity index (χ0) is 15.3. The number of primary amides is 1. The highest BCUT2D eigenvalue weighted by Crippen LogP contribution is 2.35. The largest absolute Gasteiger partial charge is 0.397 e. The van der Waals surface area contributed by atoms with Crippen molar-refractivity contribution in [2.45, 2.75) is 0 Å². The molecule has 0 saturated heterocycles. The van der Waals surface area contributed by atoms with Crippen LogP contribution in [-0.2, 0) is 0 Å². The van der Waals surface area contributed by atoms with E-state index in [0.29, 0.717) is 16.8 Å².